The molecule has 0 aliphatic carbocycles. The molecule has 0 radical (unpaired) electrons. The van der Waals surface area contributed by atoms with Crippen LogP contribution in [0.1, 0.15) is 45.4 Å². The quantitative estimate of drug-likeness (QED) is 0.711. The van der Waals surface area contributed by atoms with Gasteiger partial charge in [-0.1, -0.05) is 32.6 Å². The van der Waals surface area contributed by atoms with Crippen molar-refractivity contribution in [2.45, 2.75) is 51.5 Å². The summed E-state index contributed by atoms with van der Waals surface area (Å²) in [5.41, 5.74) is 6.02. The zero-order valence-corrected chi connectivity index (χ0v) is 10.4. The number of hydrogen-bond donors (Lipinski definition) is 1. The summed E-state index contributed by atoms with van der Waals surface area (Å²) in [5, 5.41) is 0. The average Bonchev–Trinajstić information content (AvgIpc) is 2.53. The lowest BCUT2D eigenvalue weighted by atomic mass is 9.95. The van der Waals surface area contributed by atoms with Crippen LogP contribution in [0, 0.1) is 5.92 Å². The molecule has 1 aliphatic rings. The van der Waals surface area contributed by atoms with Crippen LogP contribution in [-0.2, 0) is 9.84 Å². The van der Waals surface area contributed by atoms with E-state index >= 15 is 0 Å². The second-order valence-electron chi connectivity index (χ2n) is 4.68. The molecular formula is C11H23NO2S. The molecule has 2 atom stereocenters. The molecule has 1 rings (SSSR count). The Morgan fingerprint density at radius 3 is 2.60 bits per heavy atom. The van der Waals surface area contributed by atoms with E-state index in [0.29, 0.717) is 11.5 Å². The van der Waals surface area contributed by atoms with E-state index in [-0.39, 0.29) is 12.0 Å². The van der Waals surface area contributed by atoms with E-state index < -0.39 is 9.84 Å². The topological polar surface area (TPSA) is 60.2 Å². The van der Waals surface area contributed by atoms with Gasteiger partial charge in [-0.25, -0.2) is 8.42 Å². The summed E-state index contributed by atoms with van der Waals surface area (Å²) in [6.07, 6.45) is 6.62. The molecule has 3 nitrogen and oxygen atoms in total. The van der Waals surface area contributed by atoms with Crippen LogP contribution in [-0.4, -0.2) is 26.0 Å². The largest absolute Gasteiger partial charge is 0.327 e. The summed E-state index contributed by atoms with van der Waals surface area (Å²) in [5.74, 6) is 0.888. The molecule has 0 aromatic rings. The lowest BCUT2D eigenvalue weighted by molar-refractivity contribution is 0.421. The lowest BCUT2D eigenvalue weighted by Crippen LogP contribution is -2.30. The minimum absolute atomic E-state index is 0.0964. The van der Waals surface area contributed by atoms with Gasteiger partial charge in [0, 0.05) is 6.04 Å². The molecule has 1 aliphatic heterocycles. The molecule has 0 saturated carbocycles. The van der Waals surface area contributed by atoms with Crippen LogP contribution in [0.4, 0.5) is 0 Å². The van der Waals surface area contributed by atoms with Gasteiger partial charge in [0.05, 0.1) is 11.5 Å². The van der Waals surface area contributed by atoms with Crippen LogP contribution in [0.15, 0.2) is 0 Å². The second kappa shape index (κ2) is 5.85. The Balaban J connectivity index is 2.21. The normalized spacial score (nSPS) is 26.7. The van der Waals surface area contributed by atoms with Crippen molar-refractivity contribution in [2.24, 2.45) is 11.7 Å². The predicted molar refractivity (Wildman–Crippen MR) is 63.5 cm³/mol. The summed E-state index contributed by atoms with van der Waals surface area (Å²) in [7, 11) is -2.76. The van der Waals surface area contributed by atoms with E-state index in [4.69, 9.17) is 5.73 Å². The van der Waals surface area contributed by atoms with Crippen LogP contribution in [0.5, 0.6) is 0 Å². The zero-order chi connectivity index (χ0) is 11.3. The van der Waals surface area contributed by atoms with Crippen molar-refractivity contribution in [1.82, 2.24) is 0 Å². The maximum absolute atomic E-state index is 11.3. The monoisotopic (exact) mass is 233 g/mol. The van der Waals surface area contributed by atoms with Gasteiger partial charge in [0.2, 0.25) is 0 Å². The van der Waals surface area contributed by atoms with Gasteiger partial charge in [0.25, 0.3) is 0 Å². The first-order chi connectivity index (χ1) is 7.05. The molecule has 0 amide bonds. The summed E-state index contributed by atoms with van der Waals surface area (Å²) in [6.45, 7) is 2.18. The van der Waals surface area contributed by atoms with Gasteiger partial charge in [0.1, 0.15) is 0 Å². The summed E-state index contributed by atoms with van der Waals surface area (Å²) in [4.78, 5) is 0. The molecule has 1 fully saturated rings. The van der Waals surface area contributed by atoms with E-state index in [1.54, 1.807) is 0 Å². The van der Waals surface area contributed by atoms with Crippen LogP contribution in [0.3, 0.4) is 0 Å². The molecule has 2 N–H and O–H groups in total. The van der Waals surface area contributed by atoms with Gasteiger partial charge < -0.3 is 5.73 Å². The van der Waals surface area contributed by atoms with Gasteiger partial charge in [0.15, 0.2) is 9.84 Å². The molecule has 1 saturated heterocycles. The van der Waals surface area contributed by atoms with E-state index in [1.165, 1.54) is 19.3 Å². The van der Waals surface area contributed by atoms with E-state index in [0.717, 1.165) is 19.3 Å². The van der Waals surface area contributed by atoms with E-state index in [9.17, 15) is 8.42 Å². The summed E-state index contributed by atoms with van der Waals surface area (Å²) >= 11 is 0. The number of sulfone groups is 1. The van der Waals surface area contributed by atoms with Gasteiger partial charge in [-0.15, -0.1) is 0 Å². The fraction of sp³-hybridized carbons (Fsp3) is 1.00. The number of rotatable bonds is 6. The molecule has 4 heteroatoms. The molecule has 2 unspecified atom stereocenters. The van der Waals surface area contributed by atoms with Crippen LogP contribution < -0.4 is 5.73 Å². The highest BCUT2D eigenvalue weighted by molar-refractivity contribution is 7.91. The van der Waals surface area contributed by atoms with Gasteiger partial charge in [-0.2, -0.15) is 0 Å². The highest BCUT2D eigenvalue weighted by atomic mass is 32.2. The Morgan fingerprint density at radius 2 is 2.07 bits per heavy atom. The van der Waals surface area contributed by atoms with Crippen molar-refractivity contribution in [2.75, 3.05) is 11.5 Å². The second-order valence-corrected chi connectivity index (χ2v) is 6.91. The highest BCUT2D eigenvalue weighted by Gasteiger charge is 2.31. The summed E-state index contributed by atoms with van der Waals surface area (Å²) in [6, 6.07) is 0.0964. The number of unbranched alkanes of at least 4 members (excludes halogenated alkanes) is 3. The van der Waals surface area contributed by atoms with Crippen LogP contribution >= 0.6 is 0 Å². The minimum Gasteiger partial charge on any atom is -0.327 e. The first-order valence-electron chi connectivity index (χ1n) is 6.01. The van der Waals surface area contributed by atoms with Crippen molar-refractivity contribution >= 4 is 9.84 Å². The molecule has 0 bridgehead atoms. The third kappa shape index (κ3) is 4.51. The lowest BCUT2D eigenvalue weighted by Gasteiger charge is -2.17. The van der Waals surface area contributed by atoms with Crippen LogP contribution in [0.2, 0.25) is 0 Å². The van der Waals surface area contributed by atoms with Gasteiger partial charge in [-0.3, -0.25) is 0 Å². The third-order valence-corrected chi connectivity index (χ3v) is 5.06. The Morgan fingerprint density at radius 1 is 1.33 bits per heavy atom. The zero-order valence-electron chi connectivity index (χ0n) is 9.61. The predicted octanol–water partition coefficient (Wildman–Crippen LogP) is 1.72. The van der Waals surface area contributed by atoms with Crippen LogP contribution in [0.25, 0.3) is 0 Å². The van der Waals surface area contributed by atoms with Crippen molar-refractivity contribution < 1.29 is 8.42 Å². The molecule has 90 valence electrons. The minimum atomic E-state index is -2.76. The fourth-order valence-corrected chi connectivity index (χ4v) is 4.10. The third-order valence-electron chi connectivity index (χ3n) is 3.26. The standard InChI is InChI=1S/C11H23NO2S/c1-2-3-4-5-6-11(12)10-7-8-15(13,14)9-10/h10-11H,2-9,12H2,1H3. The average molecular weight is 233 g/mol. The van der Waals surface area contributed by atoms with Crippen molar-refractivity contribution in [3.8, 4) is 0 Å². The van der Waals surface area contributed by atoms with Crippen molar-refractivity contribution in [3.05, 3.63) is 0 Å². The smallest absolute Gasteiger partial charge is 0.150 e. The molecule has 0 aromatic carbocycles. The SMILES string of the molecule is CCCCCCC(N)C1CCS(=O)(=O)C1. The maximum Gasteiger partial charge on any atom is 0.150 e. The number of hydrogen-bond acceptors (Lipinski definition) is 3. The highest BCUT2D eigenvalue weighted by Crippen LogP contribution is 2.23. The van der Waals surface area contributed by atoms with E-state index in [2.05, 4.69) is 6.92 Å². The van der Waals surface area contributed by atoms with E-state index in [1.807, 2.05) is 0 Å². The first kappa shape index (κ1) is 13.0. The Labute approximate surface area is 93.3 Å². The Bertz CT molecular complexity index is 274. The summed E-state index contributed by atoms with van der Waals surface area (Å²) < 4.78 is 22.5. The van der Waals surface area contributed by atoms with Crippen molar-refractivity contribution in [1.29, 1.82) is 0 Å². The Hall–Kier alpha value is -0.0900. The molecule has 1 heterocycles. The van der Waals surface area contributed by atoms with Gasteiger partial charge in [-0.05, 0) is 18.8 Å². The Kier molecular flexibility index (Phi) is 5.06. The fourth-order valence-electron chi connectivity index (χ4n) is 2.20. The number of nitrogens with two attached hydrogens (primary N) is 1. The molecule has 0 spiro atoms. The molecule has 15 heavy (non-hydrogen) atoms. The maximum atomic E-state index is 11.3. The van der Waals surface area contributed by atoms with Gasteiger partial charge >= 0.3 is 0 Å². The first-order valence-corrected chi connectivity index (χ1v) is 7.83. The van der Waals surface area contributed by atoms with Crippen molar-refractivity contribution in [3.63, 3.8) is 0 Å². The molecule has 0 aromatic heterocycles. The molecular weight excluding hydrogens is 210 g/mol.